The molecule has 1 fully saturated rings. The smallest absolute Gasteiger partial charge is 0.262 e. The third-order valence-corrected chi connectivity index (χ3v) is 6.78. The van der Waals surface area contributed by atoms with Gasteiger partial charge in [-0.2, -0.15) is 0 Å². The normalized spacial score (nSPS) is 15.1. The number of carbonyl (C=O) groups excluding carboxylic acids is 2. The summed E-state index contributed by atoms with van der Waals surface area (Å²) in [5, 5.41) is 15.4. The van der Waals surface area contributed by atoms with Crippen molar-refractivity contribution in [1.29, 1.82) is 0 Å². The van der Waals surface area contributed by atoms with Gasteiger partial charge in [0, 0.05) is 12.0 Å². The highest BCUT2D eigenvalue weighted by Crippen LogP contribution is 2.36. The summed E-state index contributed by atoms with van der Waals surface area (Å²) in [4.78, 5) is 25.4. The van der Waals surface area contributed by atoms with Gasteiger partial charge in [0.25, 0.3) is 11.8 Å². The Morgan fingerprint density at radius 3 is 2.71 bits per heavy atom. The Kier molecular flexibility index (Phi) is 6.57. The second-order valence-electron chi connectivity index (χ2n) is 8.13. The van der Waals surface area contributed by atoms with Crippen LogP contribution in [0.25, 0.3) is 0 Å². The van der Waals surface area contributed by atoms with Crippen LogP contribution in [-0.2, 0) is 4.79 Å². The number of benzene rings is 2. The molecule has 0 radical (unpaired) electrons. The van der Waals surface area contributed by atoms with Crippen LogP contribution in [0, 0.1) is 0 Å². The lowest BCUT2D eigenvalue weighted by molar-refractivity contribution is -0.118. The van der Waals surface area contributed by atoms with Gasteiger partial charge in [0.05, 0.1) is 11.3 Å². The van der Waals surface area contributed by atoms with E-state index in [1.807, 2.05) is 0 Å². The molecule has 5 rings (SSSR count). The first-order valence-electron chi connectivity index (χ1n) is 11.2. The molecule has 10 heteroatoms. The van der Waals surface area contributed by atoms with Crippen LogP contribution in [0.5, 0.6) is 17.2 Å². The molecule has 2 aliphatic rings. The summed E-state index contributed by atoms with van der Waals surface area (Å²) in [6, 6.07) is 11.9. The van der Waals surface area contributed by atoms with Gasteiger partial charge in [-0.05, 0) is 37.1 Å². The molecule has 0 atom stereocenters. The molecular weight excluding hydrogens is 456 g/mol. The molecule has 0 spiro atoms. The molecule has 1 aromatic heterocycles. The molecule has 34 heavy (non-hydrogen) atoms. The first-order chi connectivity index (χ1) is 16.7. The molecule has 0 unspecified atom stereocenters. The van der Waals surface area contributed by atoms with Gasteiger partial charge in [0.2, 0.25) is 11.9 Å². The number of hydrogen-bond acceptors (Lipinski definition) is 8. The average Bonchev–Trinajstić information content (AvgIpc) is 3.53. The maximum Gasteiger partial charge on any atom is 0.262 e. The molecule has 176 valence electrons. The number of fused-ring (bicyclic) bond motifs is 1. The van der Waals surface area contributed by atoms with E-state index in [1.54, 1.807) is 42.5 Å². The molecule has 1 aliphatic heterocycles. The summed E-state index contributed by atoms with van der Waals surface area (Å²) in [5.74, 6) is 1.36. The minimum Gasteiger partial charge on any atom is -0.484 e. The van der Waals surface area contributed by atoms with Crippen molar-refractivity contribution in [2.75, 3.05) is 24.0 Å². The van der Waals surface area contributed by atoms with Gasteiger partial charge in [-0.1, -0.05) is 42.7 Å². The largest absolute Gasteiger partial charge is 0.484 e. The van der Waals surface area contributed by atoms with Crippen LogP contribution in [0.3, 0.4) is 0 Å². The molecular formula is C24H24N4O5S. The fourth-order valence-electron chi connectivity index (χ4n) is 4.06. The van der Waals surface area contributed by atoms with Gasteiger partial charge >= 0.3 is 0 Å². The molecule has 1 aliphatic carbocycles. The highest BCUT2D eigenvalue weighted by Gasteiger charge is 2.21. The Morgan fingerprint density at radius 2 is 1.82 bits per heavy atom. The van der Waals surface area contributed by atoms with E-state index in [-0.39, 0.29) is 19.3 Å². The minimum atomic E-state index is -0.395. The molecule has 0 saturated heterocycles. The van der Waals surface area contributed by atoms with Crippen LogP contribution >= 0.6 is 11.3 Å². The fraction of sp³-hybridized carbons (Fsp3) is 0.333. The van der Waals surface area contributed by atoms with Crippen LogP contribution in [0.4, 0.5) is 10.8 Å². The summed E-state index contributed by atoms with van der Waals surface area (Å²) in [7, 11) is 0. The zero-order valence-corrected chi connectivity index (χ0v) is 19.2. The number of aromatic nitrogens is 2. The van der Waals surface area contributed by atoms with Crippen molar-refractivity contribution in [3.8, 4) is 17.2 Å². The number of amides is 2. The maximum absolute atomic E-state index is 12.9. The van der Waals surface area contributed by atoms with Crippen LogP contribution in [0.2, 0.25) is 0 Å². The summed E-state index contributed by atoms with van der Waals surface area (Å²) in [6.07, 6.45) is 5.91. The zero-order valence-electron chi connectivity index (χ0n) is 18.4. The predicted molar refractivity (Wildman–Crippen MR) is 127 cm³/mol. The number of nitrogens with zero attached hydrogens (tertiary/aromatic N) is 2. The van der Waals surface area contributed by atoms with Crippen molar-refractivity contribution in [3.63, 3.8) is 0 Å². The Morgan fingerprint density at radius 1 is 1.00 bits per heavy atom. The number of hydrogen-bond donors (Lipinski definition) is 2. The number of carbonyl (C=O) groups is 2. The third kappa shape index (κ3) is 5.12. The number of ether oxygens (including phenoxy) is 3. The van der Waals surface area contributed by atoms with Crippen molar-refractivity contribution < 1.29 is 23.8 Å². The average molecular weight is 481 g/mol. The molecule has 3 aromatic rings. The Hall–Kier alpha value is -3.66. The molecule has 0 bridgehead atoms. The number of para-hydroxylation sites is 1. The van der Waals surface area contributed by atoms with Gasteiger partial charge in [-0.15, -0.1) is 10.2 Å². The first kappa shape index (κ1) is 22.1. The van der Waals surface area contributed by atoms with Crippen LogP contribution in [0.15, 0.2) is 42.5 Å². The van der Waals surface area contributed by atoms with E-state index in [0.29, 0.717) is 39.5 Å². The van der Waals surface area contributed by atoms with Crippen LogP contribution in [-0.4, -0.2) is 35.4 Å². The standard InChI is InChI=1S/C24H24N4O5S/c29-21(13-31-16-10-11-19-20(12-16)33-14-32-19)25-18-9-5-4-8-17(18)22(30)26-24-28-27-23(34-24)15-6-2-1-3-7-15/h4-5,8-12,15H,1-3,6-7,13-14H2,(H,25,29)(H,26,28,30). The summed E-state index contributed by atoms with van der Waals surface area (Å²) < 4.78 is 16.1. The van der Waals surface area contributed by atoms with Gasteiger partial charge < -0.3 is 19.5 Å². The van der Waals surface area contributed by atoms with Crippen LogP contribution in [0.1, 0.15) is 53.4 Å². The quantitative estimate of drug-likeness (QED) is 0.509. The Bertz CT molecular complexity index is 1190. The zero-order chi connectivity index (χ0) is 23.3. The third-order valence-electron chi connectivity index (χ3n) is 5.78. The van der Waals surface area contributed by atoms with Gasteiger partial charge in [0.15, 0.2) is 18.1 Å². The molecule has 2 heterocycles. The van der Waals surface area contributed by atoms with Gasteiger partial charge in [-0.25, -0.2) is 0 Å². The van der Waals surface area contributed by atoms with Crippen molar-refractivity contribution >= 4 is 34.0 Å². The van der Waals surface area contributed by atoms with E-state index < -0.39 is 5.91 Å². The second kappa shape index (κ2) is 10.1. The number of rotatable bonds is 7. The monoisotopic (exact) mass is 480 g/mol. The van der Waals surface area contributed by atoms with E-state index in [2.05, 4.69) is 20.8 Å². The molecule has 2 aromatic carbocycles. The lowest BCUT2D eigenvalue weighted by Crippen LogP contribution is -2.22. The number of nitrogens with one attached hydrogen (secondary N) is 2. The first-order valence-corrected chi connectivity index (χ1v) is 12.0. The Labute approximate surface area is 200 Å². The van der Waals surface area contributed by atoms with E-state index in [9.17, 15) is 9.59 Å². The van der Waals surface area contributed by atoms with Crippen molar-refractivity contribution in [3.05, 3.63) is 53.0 Å². The van der Waals surface area contributed by atoms with Gasteiger partial charge in [-0.3, -0.25) is 14.9 Å². The highest BCUT2D eigenvalue weighted by atomic mass is 32.1. The Balaban J connectivity index is 1.19. The molecule has 2 amide bonds. The van der Waals surface area contributed by atoms with Crippen molar-refractivity contribution in [1.82, 2.24) is 10.2 Å². The van der Waals surface area contributed by atoms with Crippen molar-refractivity contribution in [2.45, 2.75) is 38.0 Å². The predicted octanol–water partition coefficient (Wildman–Crippen LogP) is 4.58. The molecule has 2 N–H and O–H groups in total. The lowest BCUT2D eigenvalue weighted by Gasteiger charge is -2.18. The second-order valence-corrected chi connectivity index (χ2v) is 9.14. The SMILES string of the molecule is O=C(COc1ccc2c(c1)OCO2)Nc1ccccc1C(=O)Nc1nnc(C2CCCCC2)s1. The molecule has 1 saturated carbocycles. The molecule has 9 nitrogen and oxygen atoms in total. The maximum atomic E-state index is 12.9. The topological polar surface area (TPSA) is 112 Å². The highest BCUT2D eigenvalue weighted by molar-refractivity contribution is 7.15. The van der Waals surface area contributed by atoms with E-state index >= 15 is 0 Å². The fourth-order valence-corrected chi connectivity index (χ4v) is 4.96. The minimum absolute atomic E-state index is 0.164. The van der Waals surface area contributed by atoms with E-state index in [4.69, 9.17) is 14.2 Å². The summed E-state index contributed by atoms with van der Waals surface area (Å²) in [5.41, 5.74) is 0.713. The van der Waals surface area contributed by atoms with Crippen molar-refractivity contribution in [2.24, 2.45) is 0 Å². The van der Waals surface area contributed by atoms with Gasteiger partial charge in [0.1, 0.15) is 10.8 Å². The lowest BCUT2D eigenvalue weighted by atomic mass is 9.90. The van der Waals surface area contributed by atoms with E-state index in [0.717, 1.165) is 17.8 Å². The number of anilines is 2. The summed E-state index contributed by atoms with van der Waals surface area (Å²) in [6.45, 7) is -0.0617. The van der Waals surface area contributed by atoms with E-state index in [1.165, 1.54) is 30.6 Å². The summed E-state index contributed by atoms with van der Waals surface area (Å²) >= 11 is 1.42. The van der Waals surface area contributed by atoms with Crippen LogP contribution < -0.4 is 24.8 Å².